The molecule has 1 fully saturated rings. The van der Waals surface area contributed by atoms with Gasteiger partial charge in [0.25, 0.3) is 0 Å². The summed E-state index contributed by atoms with van der Waals surface area (Å²) in [5, 5.41) is 33.5. The zero-order chi connectivity index (χ0) is 27.0. The van der Waals surface area contributed by atoms with Gasteiger partial charge in [0.05, 0.1) is 11.7 Å². The van der Waals surface area contributed by atoms with E-state index >= 15 is 0 Å². The first-order chi connectivity index (χ1) is 16.6. The monoisotopic (exact) mass is 496 g/mol. The Morgan fingerprint density at radius 2 is 1.72 bits per heavy atom. The average Bonchev–Trinajstić information content (AvgIpc) is 2.75. The van der Waals surface area contributed by atoms with Crippen LogP contribution in [0.4, 0.5) is 0 Å². The predicted octanol–water partition coefficient (Wildman–Crippen LogP) is 4.28. The van der Waals surface area contributed by atoms with Crippen molar-refractivity contribution < 1.29 is 29.7 Å². The molecule has 0 bridgehead atoms. The van der Waals surface area contributed by atoms with Crippen LogP contribution in [0.25, 0.3) is 0 Å². The molecular weight excluding hydrogens is 456 g/mol. The summed E-state index contributed by atoms with van der Waals surface area (Å²) in [5.74, 6) is -2.32. The molecule has 3 N–H and O–H groups in total. The number of carbonyl (C=O) groups is 3. The fourth-order valence-electron chi connectivity index (χ4n) is 7.53. The number of carbonyl (C=O) groups excluding carboxylic acids is 3. The highest BCUT2D eigenvalue weighted by Gasteiger charge is 2.67. The number of aromatic hydroxyl groups is 1. The molecule has 4 rings (SSSR count). The van der Waals surface area contributed by atoms with Crippen LogP contribution in [-0.2, 0) is 28.9 Å². The number of Topliss-reactive ketones (excluding diaryl/α,β-unsaturated/α-hetero) is 3. The molecule has 3 aliphatic carbocycles. The van der Waals surface area contributed by atoms with Gasteiger partial charge in [-0.2, -0.15) is 0 Å². The van der Waals surface area contributed by atoms with E-state index in [1.165, 1.54) is 6.92 Å². The van der Waals surface area contributed by atoms with Gasteiger partial charge in [0.15, 0.2) is 17.2 Å². The third kappa shape index (κ3) is 3.55. The highest BCUT2D eigenvalue weighted by molar-refractivity contribution is 6.17. The van der Waals surface area contributed by atoms with Crippen molar-refractivity contribution in [2.24, 2.45) is 22.7 Å². The zero-order valence-corrected chi connectivity index (χ0v) is 22.6. The number of rotatable bonds is 5. The largest absolute Gasteiger partial charge is 0.507 e. The van der Waals surface area contributed by atoms with Crippen LogP contribution < -0.4 is 0 Å². The number of ketones is 3. The van der Waals surface area contributed by atoms with Crippen molar-refractivity contribution in [3.05, 3.63) is 39.5 Å². The second kappa shape index (κ2) is 8.63. The van der Waals surface area contributed by atoms with Crippen LogP contribution in [-0.4, -0.2) is 44.4 Å². The number of aryl methyl sites for hydroxylation is 2. The molecule has 1 aromatic rings. The smallest absolute Gasteiger partial charge is 0.193 e. The third-order valence-electron chi connectivity index (χ3n) is 9.18. The lowest BCUT2D eigenvalue weighted by molar-refractivity contribution is -0.173. The molecule has 5 unspecified atom stereocenters. The number of aliphatic hydroxyl groups is 2. The lowest BCUT2D eigenvalue weighted by atomic mass is 9.45. The topological polar surface area (TPSA) is 112 Å². The van der Waals surface area contributed by atoms with Crippen LogP contribution in [0.3, 0.4) is 0 Å². The number of benzene rings is 1. The number of hydrogen-bond acceptors (Lipinski definition) is 6. The molecule has 6 nitrogen and oxygen atoms in total. The number of allylic oxidation sites excluding steroid dienone is 1. The summed E-state index contributed by atoms with van der Waals surface area (Å²) in [4.78, 5) is 40.8. The van der Waals surface area contributed by atoms with Gasteiger partial charge < -0.3 is 15.3 Å². The summed E-state index contributed by atoms with van der Waals surface area (Å²) in [5.41, 5.74) is -0.325. The molecule has 196 valence electrons. The molecule has 6 heteroatoms. The lowest BCUT2D eigenvalue weighted by Gasteiger charge is -2.58. The molecule has 1 saturated carbocycles. The molecule has 0 spiro atoms. The van der Waals surface area contributed by atoms with E-state index in [4.69, 9.17) is 0 Å². The molecular formula is C30H40O6. The minimum atomic E-state index is -2.04. The molecule has 1 aromatic carbocycles. The number of phenolic OH excluding ortho intramolecular Hbond substituents is 1. The van der Waals surface area contributed by atoms with E-state index in [0.29, 0.717) is 36.3 Å². The van der Waals surface area contributed by atoms with Crippen molar-refractivity contribution in [3.63, 3.8) is 0 Å². The molecule has 0 radical (unpaired) electrons. The standard InChI is InChI=1S/C30H40O6/c1-8-18-11-19(10-9-15(2)3)25(33)23-20(18)12-28(6)14-29(7)13-21(32)22(17(5)31)27(35)30(29,36)16(4)24(28)26(23)34/h11,15,17,22,31,33,36H,8-10,12-14H2,1-7H3. The summed E-state index contributed by atoms with van der Waals surface area (Å²) < 4.78 is 0. The zero-order valence-electron chi connectivity index (χ0n) is 22.6. The Labute approximate surface area is 213 Å². The van der Waals surface area contributed by atoms with Crippen molar-refractivity contribution >= 4 is 17.3 Å². The SMILES string of the molecule is CCc1cc(CCC(C)C)c(O)c2c1CC1(C)CC3(C)CC(=O)C(C(C)O)C(=O)C3(O)C(C)=C1C2=O. The Bertz CT molecular complexity index is 1190. The summed E-state index contributed by atoms with van der Waals surface area (Å²) in [6, 6.07) is 2.02. The molecule has 0 amide bonds. The minimum Gasteiger partial charge on any atom is -0.507 e. The normalized spacial score (nSPS) is 32.9. The highest BCUT2D eigenvalue weighted by atomic mass is 16.3. The van der Waals surface area contributed by atoms with E-state index in [1.54, 1.807) is 13.8 Å². The van der Waals surface area contributed by atoms with Gasteiger partial charge in [-0.3, -0.25) is 14.4 Å². The van der Waals surface area contributed by atoms with E-state index in [9.17, 15) is 29.7 Å². The van der Waals surface area contributed by atoms with Crippen LogP contribution in [0.1, 0.15) is 94.8 Å². The van der Waals surface area contributed by atoms with Gasteiger partial charge in [-0.1, -0.05) is 40.7 Å². The van der Waals surface area contributed by atoms with Crippen LogP contribution in [0.2, 0.25) is 0 Å². The first-order valence-corrected chi connectivity index (χ1v) is 13.2. The highest BCUT2D eigenvalue weighted by Crippen LogP contribution is 2.62. The lowest BCUT2D eigenvalue weighted by Crippen LogP contribution is -2.67. The molecule has 3 aliphatic rings. The maximum atomic E-state index is 14.2. The maximum absolute atomic E-state index is 14.2. The third-order valence-corrected chi connectivity index (χ3v) is 9.18. The van der Waals surface area contributed by atoms with Crippen molar-refractivity contribution in [1.29, 1.82) is 0 Å². The van der Waals surface area contributed by atoms with Crippen molar-refractivity contribution in [1.82, 2.24) is 0 Å². The van der Waals surface area contributed by atoms with E-state index < -0.39 is 34.2 Å². The number of hydrogen-bond donors (Lipinski definition) is 3. The average molecular weight is 497 g/mol. The van der Waals surface area contributed by atoms with Gasteiger partial charge in [-0.05, 0) is 74.1 Å². The second-order valence-corrected chi connectivity index (χ2v) is 12.4. The summed E-state index contributed by atoms with van der Waals surface area (Å²) >= 11 is 0. The van der Waals surface area contributed by atoms with Crippen LogP contribution in [0.5, 0.6) is 5.75 Å². The molecule has 5 atom stereocenters. The van der Waals surface area contributed by atoms with E-state index in [-0.39, 0.29) is 35.7 Å². The summed E-state index contributed by atoms with van der Waals surface area (Å²) in [6.45, 7) is 13.0. The van der Waals surface area contributed by atoms with Gasteiger partial charge >= 0.3 is 0 Å². The quantitative estimate of drug-likeness (QED) is 0.525. The summed E-state index contributed by atoms with van der Waals surface area (Å²) in [7, 11) is 0. The van der Waals surface area contributed by atoms with Crippen LogP contribution >= 0.6 is 0 Å². The first-order valence-electron chi connectivity index (χ1n) is 13.2. The molecule has 0 saturated heterocycles. The van der Waals surface area contributed by atoms with E-state index in [0.717, 1.165) is 23.1 Å². The van der Waals surface area contributed by atoms with Gasteiger partial charge in [0, 0.05) is 22.8 Å². The number of aliphatic hydroxyl groups excluding tert-OH is 1. The Hall–Kier alpha value is -2.31. The van der Waals surface area contributed by atoms with Gasteiger partial charge in [0.1, 0.15) is 17.5 Å². The Balaban J connectivity index is 1.95. The van der Waals surface area contributed by atoms with Crippen molar-refractivity contribution in [3.8, 4) is 5.75 Å². The molecule has 0 aliphatic heterocycles. The number of phenols is 1. The fourth-order valence-corrected chi connectivity index (χ4v) is 7.53. The molecule has 36 heavy (non-hydrogen) atoms. The van der Waals surface area contributed by atoms with Gasteiger partial charge in [-0.15, -0.1) is 0 Å². The number of fused-ring (bicyclic) bond motifs is 3. The first kappa shape index (κ1) is 26.7. The summed E-state index contributed by atoms with van der Waals surface area (Å²) in [6.07, 6.45) is 1.73. The fraction of sp³-hybridized carbons (Fsp3) is 0.633. The second-order valence-electron chi connectivity index (χ2n) is 12.4. The van der Waals surface area contributed by atoms with Crippen LogP contribution in [0.15, 0.2) is 17.2 Å². The van der Waals surface area contributed by atoms with Gasteiger partial charge in [0.2, 0.25) is 0 Å². The Kier molecular flexibility index (Phi) is 6.41. The van der Waals surface area contributed by atoms with Crippen LogP contribution in [0, 0.1) is 22.7 Å². The van der Waals surface area contributed by atoms with Crippen molar-refractivity contribution in [2.45, 2.75) is 98.7 Å². The minimum absolute atomic E-state index is 0.00234. The van der Waals surface area contributed by atoms with E-state index in [2.05, 4.69) is 13.8 Å². The maximum Gasteiger partial charge on any atom is 0.193 e. The Morgan fingerprint density at radius 1 is 1.08 bits per heavy atom. The van der Waals surface area contributed by atoms with E-state index in [1.807, 2.05) is 19.9 Å². The Morgan fingerprint density at radius 3 is 2.28 bits per heavy atom. The molecule has 0 heterocycles. The molecule has 0 aromatic heterocycles. The van der Waals surface area contributed by atoms with Crippen molar-refractivity contribution in [2.75, 3.05) is 0 Å². The van der Waals surface area contributed by atoms with Gasteiger partial charge in [-0.25, -0.2) is 0 Å². The predicted molar refractivity (Wildman–Crippen MR) is 137 cm³/mol.